The van der Waals surface area contributed by atoms with E-state index in [1.165, 1.54) is 60.8 Å². The highest BCUT2D eigenvalue weighted by molar-refractivity contribution is 7.99. The molecule has 0 atom stereocenters. The van der Waals surface area contributed by atoms with E-state index in [-0.39, 0.29) is 17.1 Å². The van der Waals surface area contributed by atoms with Crippen molar-refractivity contribution >= 4 is 34.1 Å². The van der Waals surface area contributed by atoms with Crippen molar-refractivity contribution in [1.29, 1.82) is 0 Å². The van der Waals surface area contributed by atoms with E-state index < -0.39 is 0 Å². The lowest BCUT2D eigenvalue weighted by Gasteiger charge is -2.19. The number of amides is 1. The van der Waals surface area contributed by atoms with Gasteiger partial charge in [-0.2, -0.15) is 0 Å². The zero-order valence-corrected chi connectivity index (χ0v) is 21.4. The van der Waals surface area contributed by atoms with Gasteiger partial charge in [0.25, 0.3) is 0 Å². The fourth-order valence-corrected chi connectivity index (χ4v) is 5.83. The molecule has 1 amide bonds. The molecule has 1 aliphatic carbocycles. The maximum Gasteiger partial charge on any atom is 0.236 e. The minimum atomic E-state index is -0.104. The number of carbonyl (C=O) groups excluding carboxylic acids is 1. The number of aromatic nitrogens is 5. The number of nitrogens with one attached hydrogen (secondary N) is 1. The lowest BCUT2D eigenvalue weighted by molar-refractivity contribution is -0.113. The van der Waals surface area contributed by atoms with Crippen molar-refractivity contribution in [3.8, 4) is 11.4 Å². The summed E-state index contributed by atoms with van der Waals surface area (Å²) < 4.78 is 2.05. The SMILES string of the molecule is CCn1c(SCC(=O)Nc2nnc(C3CCCCC3)s2)nnc1-c1ccc(C(C)(C)C)cc1. The molecule has 1 aromatic carbocycles. The summed E-state index contributed by atoms with van der Waals surface area (Å²) in [6.45, 7) is 9.40. The van der Waals surface area contributed by atoms with Crippen LogP contribution in [-0.4, -0.2) is 36.6 Å². The maximum absolute atomic E-state index is 12.5. The molecular formula is C24H32N6OS2. The van der Waals surface area contributed by atoms with E-state index in [0.717, 1.165) is 28.1 Å². The monoisotopic (exact) mass is 484 g/mol. The van der Waals surface area contributed by atoms with Gasteiger partial charge in [-0.15, -0.1) is 20.4 Å². The first-order valence-corrected chi connectivity index (χ1v) is 13.5. The molecule has 9 heteroatoms. The minimum Gasteiger partial charge on any atom is -0.302 e. The average Bonchev–Trinajstić information content (AvgIpc) is 3.44. The van der Waals surface area contributed by atoms with Gasteiger partial charge < -0.3 is 4.57 Å². The molecule has 1 saturated carbocycles. The van der Waals surface area contributed by atoms with Crippen molar-refractivity contribution in [3.63, 3.8) is 0 Å². The fourth-order valence-electron chi connectivity index (χ4n) is 4.10. The van der Waals surface area contributed by atoms with Crippen molar-refractivity contribution in [2.75, 3.05) is 11.1 Å². The molecule has 0 radical (unpaired) electrons. The van der Waals surface area contributed by atoms with Gasteiger partial charge in [0.2, 0.25) is 11.0 Å². The lowest BCUT2D eigenvalue weighted by Crippen LogP contribution is -2.14. The summed E-state index contributed by atoms with van der Waals surface area (Å²) in [5, 5.41) is 22.5. The predicted molar refractivity (Wildman–Crippen MR) is 135 cm³/mol. The molecule has 2 heterocycles. The van der Waals surface area contributed by atoms with Crippen LogP contribution in [0, 0.1) is 0 Å². The van der Waals surface area contributed by atoms with Gasteiger partial charge in [-0.3, -0.25) is 10.1 Å². The second kappa shape index (κ2) is 10.3. The molecule has 1 aliphatic rings. The fraction of sp³-hybridized carbons (Fsp3) is 0.542. The molecule has 0 aliphatic heterocycles. The summed E-state index contributed by atoms with van der Waals surface area (Å²) >= 11 is 2.90. The number of benzene rings is 1. The first-order chi connectivity index (χ1) is 15.8. The molecule has 1 N–H and O–H groups in total. The highest BCUT2D eigenvalue weighted by Crippen LogP contribution is 2.35. The number of hydrogen-bond acceptors (Lipinski definition) is 7. The van der Waals surface area contributed by atoms with Crippen LogP contribution in [-0.2, 0) is 16.8 Å². The molecule has 0 saturated heterocycles. The van der Waals surface area contributed by atoms with Crippen LogP contribution < -0.4 is 5.32 Å². The molecule has 7 nitrogen and oxygen atoms in total. The third-order valence-electron chi connectivity index (χ3n) is 6.02. The van der Waals surface area contributed by atoms with Crippen LogP contribution in [0.3, 0.4) is 0 Å². The Labute approximate surface area is 203 Å². The average molecular weight is 485 g/mol. The Morgan fingerprint density at radius 1 is 1.09 bits per heavy atom. The van der Waals surface area contributed by atoms with E-state index in [1.54, 1.807) is 0 Å². The standard InChI is InChI=1S/C24H32N6OS2/c1-5-30-20(16-11-13-18(14-12-16)24(2,3)4)26-29-23(30)32-15-19(31)25-22-28-27-21(33-22)17-9-7-6-8-10-17/h11-14,17H,5-10,15H2,1-4H3,(H,25,28,31). The number of nitrogens with zero attached hydrogens (tertiary/aromatic N) is 5. The highest BCUT2D eigenvalue weighted by Gasteiger charge is 2.21. The van der Waals surface area contributed by atoms with Crippen LogP contribution >= 0.6 is 23.1 Å². The molecule has 0 unspecified atom stereocenters. The third-order valence-corrected chi connectivity index (χ3v) is 7.98. The molecule has 0 spiro atoms. The smallest absolute Gasteiger partial charge is 0.236 e. The Bertz CT molecular complexity index is 1080. The quantitative estimate of drug-likeness (QED) is 0.421. The number of anilines is 1. The van der Waals surface area contributed by atoms with Crippen LogP contribution in [0.1, 0.15) is 76.3 Å². The zero-order chi connectivity index (χ0) is 23.4. The van der Waals surface area contributed by atoms with Gasteiger partial charge in [0.1, 0.15) is 5.01 Å². The van der Waals surface area contributed by atoms with Crippen molar-refractivity contribution in [2.24, 2.45) is 0 Å². The van der Waals surface area contributed by atoms with E-state index in [1.807, 2.05) is 0 Å². The van der Waals surface area contributed by atoms with Crippen molar-refractivity contribution in [2.45, 2.75) is 82.8 Å². The van der Waals surface area contributed by atoms with Crippen LogP contribution in [0.2, 0.25) is 0 Å². The molecule has 176 valence electrons. The highest BCUT2D eigenvalue weighted by atomic mass is 32.2. The van der Waals surface area contributed by atoms with Crippen LogP contribution in [0.25, 0.3) is 11.4 Å². The van der Waals surface area contributed by atoms with E-state index in [2.05, 4.69) is 82.2 Å². The van der Waals surface area contributed by atoms with Gasteiger partial charge in [-0.1, -0.05) is 87.4 Å². The summed E-state index contributed by atoms with van der Waals surface area (Å²) in [6, 6.07) is 8.48. The molecule has 0 bridgehead atoms. The Hall–Kier alpha value is -2.26. The minimum absolute atomic E-state index is 0.104. The second-order valence-corrected chi connectivity index (χ2v) is 11.4. The van der Waals surface area contributed by atoms with E-state index in [4.69, 9.17) is 0 Å². The molecule has 2 aromatic heterocycles. The van der Waals surface area contributed by atoms with E-state index in [0.29, 0.717) is 11.0 Å². The van der Waals surface area contributed by atoms with Gasteiger partial charge in [0, 0.05) is 18.0 Å². The predicted octanol–water partition coefficient (Wildman–Crippen LogP) is 5.89. The van der Waals surface area contributed by atoms with Gasteiger partial charge in [0.15, 0.2) is 11.0 Å². The van der Waals surface area contributed by atoms with Gasteiger partial charge in [-0.25, -0.2) is 0 Å². The maximum atomic E-state index is 12.5. The summed E-state index contributed by atoms with van der Waals surface area (Å²) in [7, 11) is 0. The third kappa shape index (κ3) is 5.81. The molecule has 33 heavy (non-hydrogen) atoms. The van der Waals surface area contributed by atoms with Crippen molar-refractivity contribution in [3.05, 3.63) is 34.8 Å². The zero-order valence-electron chi connectivity index (χ0n) is 19.8. The van der Waals surface area contributed by atoms with Gasteiger partial charge in [-0.05, 0) is 30.7 Å². The first kappa shape index (κ1) is 23.9. The number of hydrogen-bond donors (Lipinski definition) is 1. The first-order valence-electron chi connectivity index (χ1n) is 11.7. The topological polar surface area (TPSA) is 85.6 Å². The van der Waals surface area contributed by atoms with Crippen LogP contribution in [0.15, 0.2) is 29.4 Å². The van der Waals surface area contributed by atoms with E-state index in [9.17, 15) is 4.79 Å². The Morgan fingerprint density at radius 2 is 1.82 bits per heavy atom. The van der Waals surface area contributed by atoms with Crippen LogP contribution in [0.5, 0.6) is 0 Å². The van der Waals surface area contributed by atoms with Crippen LogP contribution in [0.4, 0.5) is 5.13 Å². The molecule has 1 fully saturated rings. The Kier molecular flexibility index (Phi) is 7.48. The van der Waals surface area contributed by atoms with E-state index >= 15 is 0 Å². The largest absolute Gasteiger partial charge is 0.302 e. The number of rotatable bonds is 7. The molecule has 3 aromatic rings. The number of carbonyl (C=O) groups is 1. The summed E-state index contributed by atoms with van der Waals surface area (Å²) in [5.41, 5.74) is 2.41. The normalized spacial score (nSPS) is 15.0. The molecular weight excluding hydrogens is 452 g/mol. The summed E-state index contributed by atoms with van der Waals surface area (Å²) in [4.78, 5) is 12.5. The Balaban J connectivity index is 1.37. The second-order valence-electron chi connectivity index (χ2n) is 9.50. The molecule has 4 rings (SSSR count). The lowest BCUT2D eigenvalue weighted by atomic mass is 9.87. The van der Waals surface area contributed by atoms with Gasteiger partial charge >= 0.3 is 0 Å². The number of thioether (sulfide) groups is 1. The van der Waals surface area contributed by atoms with Crippen molar-refractivity contribution in [1.82, 2.24) is 25.0 Å². The van der Waals surface area contributed by atoms with Gasteiger partial charge in [0.05, 0.1) is 5.75 Å². The Morgan fingerprint density at radius 3 is 2.48 bits per heavy atom. The summed E-state index contributed by atoms with van der Waals surface area (Å²) in [6.07, 6.45) is 6.16. The van der Waals surface area contributed by atoms with Crippen molar-refractivity contribution < 1.29 is 4.79 Å². The summed E-state index contributed by atoms with van der Waals surface area (Å²) in [5.74, 6) is 1.46.